The van der Waals surface area contributed by atoms with Gasteiger partial charge in [0, 0.05) is 13.1 Å². The Labute approximate surface area is 163 Å². The third-order valence-corrected chi connectivity index (χ3v) is 5.61. The van der Waals surface area contributed by atoms with Crippen molar-refractivity contribution in [3.8, 4) is 11.6 Å². The number of likely N-dealkylation sites (N-methyl/N-ethyl adjacent to an activating group) is 1. The number of ether oxygens (including phenoxy) is 1. The molecule has 2 aromatic rings. The fourth-order valence-electron chi connectivity index (χ4n) is 4.15. The zero-order valence-electron chi connectivity index (χ0n) is 16.3. The van der Waals surface area contributed by atoms with Crippen LogP contribution < -0.4 is 9.80 Å². The van der Waals surface area contributed by atoms with Gasteiger partial charge in [0.25, 0.3) is 0 Å². The molecule has 0 radical (unpaired) electrons. The Morgan fingerprint density at radius 3 is 2.71 bits per heavy atom. The molecule has 0 bridgehead atoms. The van der Waals surface area contributed by atoms with Crippen LogP contribution in [-0.4, -0.2) is 58.1 Å². The summed E-state index contributed by atoms with van der Waals surface area (Å²) in [5, 5.41) is 0. The van der Waals surface area contributed by atoms with E-state index < -0.39 is 5.97 Å². The van der Waals surface area contributed by atoms with Crippen LogP contribution in [0.4, 0.5) is 11.5 Å². The number of aromatic amines is 1. The molecule has 1 aliphatic carbocycles. The minimum atomic E-state index is -0.499. The summed E-state index contributed by atoms with van der Waals surface area (Å²) < 4.78 is 4.71. The molecule has 1 aliphatic heterocycles. The Hall–Kier alpha value is -2.97. The summed E-state index contributed by atoms with van der Waals surface area (Å²) in [6.07, 6.45) is 8.21. The molecule has 1 saturated carbocycles. The molecule has 1 fully saturated rings. The highest BCUT2D eigenvalue weighted by molar-refractivity contribution is 6.04. The number of anilines is 2. The molecule has 0 spiro atoms. The van der Waals surface area contributed by atoms with Gasteiger partial charge in [-0.3, -0.25) is 4.79 Å². The van der Waals surface area contributed by atoms with Gasteiger partial charge >= 0.3 is 5.97 Å². The van der Waals surface area contributed by atoms with E-state index in [1.807, 2.05) is 6.92 Å². The van der Waals surface area contributed by atoms with Crippen molar-refractivity contribution < 1.29 is 14.3 Å². The largest absolute Gasteiger partial charge is 0.464 e. The summed E-state index contributed by atoms with van der Waals surface area (Å²) in [5.74, 6) is 1.10. The van der Waals surface area contributed by atoms with Crippen LogP contribution in [0.25, 0.3) is 11.6 Å². The predicted octanol–water partition coefficient (Wildman–Crippen LogP) is 2.16. The van der Waals surface area contributed by atoms with Crippen LogP contribution in [0.5, 0.6) is 0 Å². The molecule has 0 saturated heterocycles. The number of imidazole rings is 1. The van der Waals surface area contributed by atoms with E-state index in [4.69, 9.17) is 9.72 Å². The molecule has 4 rings (SSSR count). The van der Waals surface area contributed by atoms with E-state index in [2.05, 4.69) is 19.9 Å². The van der Waals surface area contributed by atoms with Gasteiger partial charge in [0.1, 0.15) is 17.4 Å². The van der Waals surface area contributed by atoms with Crippen LogP contribution in [0.2, 0.25) is 0 Å². The average Bonchev–Trinajstić information content (AvgIpc) is 3.41. The third-order valence-electron chi connectivity index (χ3n) is 5.61. The Kier molecular flexibility index (Phi) is 4.74. The van der Waals surface area contributed by atoms with Crippen molar-refractivity contribution in [3.63, 3.8) is 0 Å². The Bertz CT molecular complexity index is 905. The maximum atomic E-state index is 12.9. The van der Waals surface area contributed by atoms with Gasteiger partial charge in [-0.25, -0.2) is 19.7 Å². The molecular weight excluding hydrogens is 360 g/mol. The highest BCUT2D eigenvalue weighted by atomic mass is 16.5. The lowest BCUT2D eigenvalue weighted by Gasteiger charge is -2.43. The lowest BCUT2D eigenvalue weighted by atomic mass is 10.0. The number of H-pyrrole nitrogens is 1. The minimum Gasteiger partial charge on any atom is -0.464 e. The number of nitrogens with zero attached hydrogens (tertiary/aromatic N) is 5. The van der Waals surface area contributed by atoms with Crippen molar-refractivity contribution in [1.29, 1.82) is 0 Å². The number of carbonyl (C=O) groups excluding carboxylic acids is 2. The first kappa shape index (κ1) is 18.4. The molecule has 1 amide bonds. The number of methoxy groups -OCH3 is 1. The van der Waals surface area contributed by atoms with Gasteiger partial charge in [0.15, 0.2) is 17.5 Å². The van der Waals surface area contributed by atoms with E-state index in [0.29, 0.717) is 29.8 Å². The van der Waals surface area contributed by atoms with Gasteiger partial charge in [-0.05, 0) is 19.3 Å². The van der Waals surface area contributed by atoms with Crippen LogP contribution in [0, 0.1) is 0 Å². The van der Waals surface area contributed by atoms with Crippen LogP contribution in [0.3, 0.4) is 0 Å². The summed E-state index contributed by atoms with van der Waals surface area (Å²) in [5.41, 5.74) is 0.940. The van der Waals surface area contributed by atoms with E-state index in [1.54, 1.807) is 18.1 Å². The summed E-state index contributed by atoms with van der Waals surface area (Å²) in [6, 6.07) is 0.0666. The topological polar surface area (TPSA) is 104 Å². The van der Waals surface area contributed by atoms with Crippen molar-refractivity contribution in [2.75, 3.05) is 24.0 Å². The second-order valence-electron chi connectivity index (χ2n) is 7.21. The van der Waals surface area contributed by atoms with Gasteiger partial charge < -0.3 is 19.5 Å². The van der Waals surface area contributed by atoms with Gasteiger partial charge in [0.2, 0.25) is 5.91 Å². The first-order chi connectivity index (χ1) is 13.5. The second-order valence-corrected chi connectivity index (χ2v) is 7.21. The average molecular weight is 384 g/mol. The first-order valence-electron chi connectivity index (χ1n) is 9.61. The minimum absolute atomic E-state index is 0.0734. The second kappa shape index (κ2) is 7.21. The fraction of sp³-hybridized carbons (Fsp3) is 0.526. The summed E-state index contributed by atoms with van der Waals surface area (Å²) >= 11 is 0. The summed E-state index contributed by atoms with van der Waals surface area (Å²) in [6.45, 7) is 2.03. The number of hydrogen-bond donors (Lipinski definition) is 1. The Morgan fingerprint density at radius 2 is 2.04 bits per heavy atom. The van der Waals surface area contributed by atoms with Crippen molar-refractivity contribution >= 4 is 23.4 Å². The number of carbonyl (C=O) groups is 2. The number of nitrogens with one attached hydrogen (secondary N) is 1. The molecule has 0 unspecified atom stereocenters. The van der Waals surface area contributed by atoms with Crippen molar-refractivity contribution in [1.82, 2.24) is 19.9 Å². The molecule has 0 aromatic carbocycles. The molecule has 9 heteroatoms. The monoisotopic (exact) mass is 384 g/mol. The van der Waals surface area contributed by atoms with Gasteiger partial charge in [0.05, 0.1) is 19.5 Å². The maximum Gasteiger partial charge on any atom is 0.356 e. The number of rotatable bonds is 4. The summed E-state index contributed by atoms with van der Waals surface area (Å²) in [7, 11) is 3.08. The molecule has 148 valence electrons. The number of fused-ring (bicyclic) bond motifs is 1. The molecule has 2 aromatic heterocycles. The molecule has 9 nitrogen and oxygen atoms in total. The third kappa shape index (κ3) is 2.90. The van der Waals surface area contributed by atoms with E-state index in [9.17, 15) is 9.59 Å². The fourth-order valence-corrected chi connectivity index (χ4v) is 4.15. The molecule has 28 heavy (non-hydrogen) atoms. The Balaban J connectivity index is 1.78. The zero-order valence-corrected chi connectivity index (χ0v) is 16.3. The van der Waals surface area contributed by atoms with Gasteiger partial charge in [-0.1, -0.05) is 19.8 Å². The lowest BCUT2D eigenvalue weighted by Crippen LogP contribution is -2.55. The Morgan fingerprint density at radius 1 is 1.29 bits per heavy atom. The van der Waals surface area contributed by atoms with Crippen LogP contribution in [0.15, 0.2) is 12.4 Å². The van der Waals surface area contributed by atoms with Crippen LogP contribution in [0.1, 0.15) is 49.5 Å². The number of esters is 1. The standard InChI is InChI=1S/C19H24N6O3/c1-4-13-18(26)24(2)14-10-21-16(15-20-9-12(22-15)19(27)28-3)23-17(14)25(13)11-7-5-6-8-11/h9-11,13H,4-8H2,1-3H3,(H,20,22)/t13-/m1/s1. The molecule has 2 aliphatic rings. The number of amides is 1. The van der Waals surface area contributed by atoms with E-state index in [0.717, 1.165) is 31.5 Å². The molecule has 1 N–H and O–H groups in total. The first-order valence-corrected chi connectivity index (χ1v) is 9.61. The number of hydrogen-bond acceptors (Lipinski definition) is 7. The van der Waals surface area contributed by atoms with E-state index >= 15 is 0 Å². The predicted molar refractivity (Wildman–Crippen MR) is 103 cm³/mol. The number of aromatic nitrogens is 4. The SMILES string of the molecule is CC[C@@H]1C(=O)N(C)c2cnc(-c3ncc(C(=O)OC)[nH]3)nc2N1C1CCCC1. The van der Waals surface area contributed by atoms with Crippen LogP contribution >= 0.6 is 0 Å². The summed E-state index contributed by atoms with van der Waals surface area (Å²) in [4.78, 5) is 44.7. The maximum absolute atomic E-state index is 12.9. The highest BCUT2D eigenvalue weighted by Gasteiger charge is 2.41. The van der Waals surface area contributed by atoms with Crippen LogP contribution in [-0.2, 0) is 9.53 Å². The van der Waals surface area contributed by atoms with Gasteiger partial charge in [-0.15, -0.1) is 0 Å². The molecule has 3 heterocycles. The molecule has 1 atom stereocenters. The van der Waals surface area contributed by atoms with E-state index in [-0.39, 0.29) is 17.6 Å². The smallest absolute Gasteiger partial charge is 0.356 e. The molecular formula is C19H24N6O3. The van der Waals surface area contributed by atoms with Gasteiger partial charge in [-0.2, -0.15) is 0 Å². The highest BCUT2D eigenvalue weighted by Crippen LogP contribution is 2.39. The van der Waals surface area contributed by atoms with Crippen molar-refractivity contribution in [3.05, 3.63) is 18.1 Å². The zero-order chi connectivity index (χ0) is 19.8. The van der Waals surface area contributed by atoms with E-state index in [1.165, 1.54) is 13.3 Å². The lowest BCUT2D eigenvalue weighted by molar-refractivity contribution is -0.120. The quantitative estimate of drug-likeness (QED) is 0.806. The normalized spacial score (nSPS) is 19.8. The van der Waals surface area contributed by atoms with Crippen molar-refractivity contribution in [2.45, 2.75) is 51.1 Å². The van der Waals surface area contributed by atoms with Crippen molar-refractivity contribution in [2.24, 2.45) is 0 Å².